The van der Waals surface area contributed by atoms with E-state index in [2.05, 4.69) is 37.8 Å². The van der Waals surface area contributed by atoms with Crippen molar-refractivity contribution < 1.29 is 4.79 Å². The van der Waals surface area contributed by atoms with Crippen molar-refractivity contribution in [3.8, 4) is 17.5 Å². The summed E-state index contributed by atoms with van der Waals surface area (Å²) in [4.78, 5) is 22.9. The van der Waals surface area contributed by atoms with Gasteiger partial charge in [0.1, 0.15) is 11.8 Å². The van der Waals surface area contributed by atoms with Crippen LogP contribution >= 0.6 is 11.3 Å². The van der Waals surface area contributed by atoms with Gasteiger partial charge in [0, 0.05) is 29.7 Å². The van der Waals surface area contributed by atoms with Crippen molar-refractivity contribution in [2.24, 2.45) is 0 Å². The summed E-state index contributed by atoms with van der Waals surface area (Å²) in [5, 5.41) is 21.7. The van der Waals surface area contributed by atoms with Crippen LogP contribution in [0.25, 0.3) is 17.0 Å². The number of rotatable bonds is 7. The molecule has 156 valence electrons. The molecule has 0 atom stereocenters. The number of nitrogens with zero attached hydrogens (tertiary/aromatic N) is 5. The van der Waals surface area contributed by atoms with E-state index in [1.807, 2.05) is 31.4 Å². The number of hydrogen-bond acceptors (Lipinski definition) is 7. The van der Waals surface area contributed by atoms with Gasteiger partial charge in [-0.3, -0.25) is 9.78 Å². The van der Waals surface area contributed by atoms with Crippen LogP contribution in [0.4, 0.5) is 5.69 Å². The van der Waals surface area contributed by atoms with Crippen LogP contribution in [0.1, 0.15) is 34.6 Å². The lowest BCUT2D eigenvalue weighted by Gasteiger charge is -2.15. The van der Waals surface area contributed by atoms with Crippen LogP contribution in [0.15, 0.2) is 48.2 Å². The molecule has 4 aromatic heterocycles. The van der Waals surface area contributed by atoms with Crippen molar-refractivity contribution in [3.63, 3.8) is 0 Å². The fourth-order valence-electron chi connectivity index (χ4n) is 3.17. The molecule has 0 aliphatic heterocycles. The topological polar surface area (TPSA) is 108 Å². The minimum Gasteiger partial charge on any atom is -0.382 e. The largest absolute Gasteiger partial charge is 0.382 e. The second-order valence-corrected chi connectivity index (χ2v) is 8.30. The van der Waals surface area contributed by atoms with Crippen molar-refractivity contribution in [2.75, 3.05) is 11.9 Å². The fourth-order valence-corrected chi connectivity index (χ4v) is 3.88. The van der Waals surface area contributed by atoms with Crippen molar-refractivity contribution in [3.05, 3.63) is 64.2 Å². The van der Waals surface area contributed by atoms with Crippen LogP contribution in [0.3, 0.4) is 0 Å². The first-order valence-electron chi connectivity index (χ1n) is 9.86. The molecule has 0 radical (unpaired) electrons. The number of nitrogens with one attached hydrogen (secondary N) is 2. The zero-order valence-electron chi connectivity index (χ0n) is 17.2. The van der Waals surface area contributed by atoms with Gasteiger partial charge in [0.2, 0.25) is 0 Å². The quantitative estimate of drug-likeness (QED) is 0.464. The highest BCUT2D eigenvalue weighted by molar-refractivity contribution is 7.09. The molecular formula is C22H21N7OS. The molecule has 4 rings (SSSR count). The lowest BCUT2D eigenvalue weighted by molar-refractivity contribution is 0.0954. The Kier molecular flexibility index (Phi) is 5.91. The summed E-state index contributed by atoms with van der Waals surface area (Å²) in [6, 6.07) is 9.75. The number of anilines is 1. The van der Waals surface area contributed by atoms with E-state index in [0.717, 1.165) is 6.42 Å². The van der Waals surface area contributed by atoms with Gasteiger partial charge in [-0.15, -0.1) is 11.3 Å². The first-order valence-corrected chi connectivity index (χ1v) is 10.7. The van der Waals surface area contributed by atoms with Gasteiger partial charge in [-0.25, -0.2) is 9.50 Å². The van der Waals surface area contributed by atoms with Crippen LogP contribution in [0.2, 0.25) is 0 Å². The average molecular weight is 432 g/mol. The molecule has 0 unspecified atom stereocenters. The summed E-state index contributed by atoms with van der Waals surface area (Å²) >= 11 is 1.68. The van der Waals surface area contributed by atoms with Gasteiger partial charge in [0.15, 0.2) is 5.65 Å². The molecule has 8 nitrogen and oxygen atoms in total. The van der Waals surface area contributed by atoms with Crippen molar-refractivity contribution in [2.45, 2.75) is 26.3 Å². The van der Waals surface area contributed by atoms with E-state index in [4.69, 9.17) is 5.26 Å². The van der Waals surface area contributed by atoms with E-state index in [-0.39, 0.29) is 11.9 Å². The molecule has 4 heterocycles. The highest BCUT2D eigenvalue weighted by Gasteiger charge is 2.17. The average Bonchev–Trinajstić information content (AvgIpc) is 3.42. The molecule has 4 aromatic rings. The van der Waals surface area contributed by atoms with Gasteiger partial charge in [0.05, 0.1) is 34.9 Å². The van der Waals surface area contributed by atoms with E-state index in [9.17, 15) is 4.79 Å². The Bertz CT molecular complexity index is 1250. The maximum atomic E-state index is 12.8. The van der Waals surface area contributed by atoms with Crippen molar-refractivity contribution in [1.82, 2.24) is 24.9 Å². The molecule has 1 amide bonds. The SMILES string of the molecule is CC(C)Nc1cc(-c2cnc3cc(C#N)cnn23)ncc1C(=O)NCCc1cccs1. The second-order valence-electron chi connectivity index (χ2n) is 7.27. The predicted molar refractivity (Wildman–Crippen MR) is 120 cm³/mol. The monoisotopic (exact) mass is 431 g/mol. The normalized spacial score (nSPS) is 10.9. The molecule has 0 spiro atoms. The lowest BCUT2D eigenvalue weighted by Crippen LogP contribution is -2.27. The highest BCUT2D eigenvalue weighted by atomic mass is 32.1. The molecule has 0 saturated heterocycles. The van der Waals surface area contributed by atoms with E-state index < -0.39 is 0 Å². The number of carbonyl (C=O) groups is 1. The smallest absolute Gasteiger partial charge is 0.254 e. The minimum atomic E-state index is -0.173. The summed E-state index contributed by atoms with van der Waals surface area (Å²) in [6.45, 7) is 4.58. The standard InChI is InChI=1S/C22H21N7OS/c1-14(2)28-18-9-19(20-13-26-21-8-15(10-23)11-27-29(20)21)25-12-17(18)22(30)24-6-5-16-4-3-7-31-16/h3-4,7-9,11-14H,5-6H2,1-2H3,(H,24,30)(H,25,28). The van der Waals surface area contributed by atoms with E-state index >= 15 is 0 Å². The summed E-state index contributed by atoms with van der Waals surface area (Å²) in [7, 11) is 0. The maximum Gasteiger partial charge on any atom is 0.254 e. The number of pyridine rings is 1. The van der Waals surface area contributed by atoms with Crippen LogP contribution < -0.4 is 10.6 Å². The van der Waals surface area contributed by atoms with Gasteiger partial charge in [-0.2, -0.15) is 10.4 Å². The zero-order valence-corrected chi connectivity index (χ0v) is 18.0. The van der Waals surface area contributed by atoms with E-state index in [1.165, 1.54) is 11.1 Å². The number of nitriles is 1. The van der Waals surface area contributed by atoms with Crippen LogP contribution in [0.5, 0.6) is 0 Å². The Labute approximate surface area is 183 Å². The van der Waals surface area contributed by atoms with E-state index in [0.29, 0.717) is 40.4 Å². The Balaban J connectivity index is 1.61. The Morgan fingerprint density at radius 3 is 2.87 bits per heavy atom. The number of fused-ring (bicyclic) bond motifs is 1. The molecule has 0 aromatic carbocycles. The maximum absolute atomic E-state index is 12.8. The Hall–Kier alpha value is -3.77. The second kappa shape index (κ2) is 8.93. The van der Waals surface area contributed by atoms with Crippen LogP contribution in [-0.4, -0.2) is 38.1 Å². The third kappa shape index (κ3) is 4.54. The summed E-state index contributed by atoms with van der Waals surface area (Å²) < 4.78 is 1.63. The molecule has 0 aliphatic carbocycles. The number of hydrogen-bond donors (Lipinski definition) is 2. The Morgan fingerprint density at radius 1 is 1.26 bits per heavy atom. The molecule has 0 fully saturated rings. The van der Waals surface area contributed by atoms with Crippen LogP contribution in [-0.2, 0) is 6.42 Å². The molecule has 31 heavy (non-hydrogen) atoms. The third-order valence-corrected chi connectivity index (χ3v) is 5.52. The van der Waals surface area contributed by atoms with Crippen molar-refractivity contribution in [1.29, 1.82) is 5.26 Å². The molecular weight excluding hydrogens is 410 g/mol. The predicted octanol–water partition coefficient (Wildman–Crippen LogP) is 3.52. The van der Waals surface area contributed by atoms with Crippen molar-refractivity contribution >= 4 is 28.6 Å². The molecule has 0 bridgehead atoms. The lowest BCUT2D eigenvalue weighted by atomic mass is 10.1. The molecule has 9 heteroatoms. The number of imidazole rings is 1. The first kappa shape index (κ1) is 20.5. The van der Waals surface area contributed by atoms with Gasteiger partial charge in [-0.05, 0) is 37.8 Å². The molecule has 0 saturated carbocycles. The fraction of sp³-hybridized carbons (Fsp3) is 0.227. The summed E-state index contributed by atoms with van der Waals surface area (Å²) in [5.74, 6) is -0.173. The molecule has 0 aliphatic rings. The Morgan fingerprint density at radius 2 is 2.13 bits per heavy atom. The number of thiophene rings is 1. The number of aromatic nitrogens is 4. The van der Waals surface area contributed by atoms with Gasteiger partial charge >= 0.3 is 0 Å². The van der Waals surface area contributed by atoms with E-state index in [1.54, 1.807) is 34.3 Å². The summed E-state index contributed by atoms with van der Waals surface area (Å²) in [6.07, 6.45) is 5.51. The zero-order chi connectivity index (χ0) is 21.8. The first-order chi connectivity index (χ1) is 15.0. The van der Waals surface area contributed by atoms with Gasteiger partial charge < -0.3 is 10.6 Å². The third-order valence-electron chi connectivity index (χ3n) is 4.58. The highest BCUT2D eigenvalue weighted by Crippen LogP contribution is 2.25. The number of carbonyl (C=O) groups excluding carboxylic acids is 1. The minimum absolute atomic E-state index is 0.131. The van der Waals surface area contributed by atoms with Gasteiger partial charge in [-0.1, -0.05) is 6.07 Å². The van der Waals surface area contributed by atoms with Gasteiger partial charge in [0.25, 0.3) is 5.91 Å². The molecule has 2 N–H and O–H groups in total. The summed E-state index contributed by atoms with van der Waals surface area (Å²) in [5.41, 5.74) is 3.48. The van der Waals surface area contributed by atoms with Crippen LogP contribution in [0, 0.1) is 11.3 Å². The number of amides is 1.